The minimum absolute atomic E-state index is 0.133. The Labute approximate surface area is 119 Å². The average molecular weight is 279 g/mol. The molecule has 5 nitrogen and oxygen atoms in total. The molecule has 2 atom stereocenters. The minimum atomic E-state index is -0.468. The Balaban J connectivity index is 2.25. The summed E-state index contributed by atoms with van der Waals surface area (Å²) in [6.45, 7) is 3.01. The Morgan fingerprint density at radius 3 is 2.70 bits per heavy atom. The molecule has 2 rings (SSSR count). The molecule has 5 heteroatoms. The number of likely N-dealkylation sites (tertiary alicyclic amines) is 1. The molecule has 110 valence electrons. The van der Waals surface area contributed by atoms with Crippen LogP contribution in [-0.4, -0.2) is 49.3 Å². The first-order valence-corrected chi connectivity index (χ1v) is 6.76. The molecule has 1 aromatic rings. The lowest BCUT2D eigenvalue weighted by Crippen LogP contribution is -2.45. The van der Waals surface area contributed by atoms with Gasteiger partial charge in [0.2, 0.25) is 0 Å². The van der Waals surface area contributed by atoms with Gasteiger partial charge in [-0.15, -0.1) is 0 Å². The molecule has 1 amide bonds. The highest BCUT2D eigenvalue weighted by Crippen LogP contribution is 2.32. The van der Waals surface area contributed by atoms with Crippen molar-refractivity contribution in [2.45, 2.75) is 19.4 Å². The lowest BCUT2D eigenvalue weighted by Gasteiger charge is -2.34. The molecule has 1 aliphatic heterocycles. The molecule has 1 saturated heterocycles. The number of aliphatic hydroxyl groups is 1. The van der Waals surface area contributed by atoms with Gasteiger partial charge < -0.3 is 19.5 Å². The molecule has 0 aromatic heterocycles. The van der Waals surface area contributed by atoms with Gasteiger partial charge in [0, 0.05) is 13.1 Å². The van der Waals surface area contributed by atoms with E-state index in [1.54, 1.807) is 30.2 Å². The number of nitrogens with zero attached hydrogens (tertiary/aromatic N) is 1. The van der Waals surface area contributed by atoms with Crippen LogP contribution in [0, 0.1) is 5.92 Å². The maximum atomic E-state index is 12.6. The molecule has 1 fully saturated rings. The molecule has 1 aromatic carbocycles. The summed E-state index contributed by atoms with van der Waals surface area (Å²) in [5.41, 5.74) is 0.466. The van der Waals surface area contributed by atoms with E-state index >= 15 is 0 Å². The lowest BCUT2D eigenvalue weighted by molar-refractivity contribution is 0.0246. The van der Waals surface area contributed by atoms with Crippen molar-refractivity contribution in [1.82, 2.24) is 4.90 Å². The van der Waals surface area contributed by atoms with Crippen LogP contribution in [0.2, 0.25) is 0 Å². The van der Waals surface area contributed by atoms with Gasteiger partial charge in [0.25, 0.3) is 5.91 Å². The van der Waals surface area contributed by atoms with Crippen LogP contribution in [0.4, 0.5) is 0 Å². The standard InChI is InChI=1S/C15H21NO4/c1-10-7-8-16(9-12(10)17)15(18)11-5-4-6-13(19-2)14(11)20-3/h4-6,10,12,17H,7-9H2,1-3H3. The number of carbonyl (C=O) groups is 1. The molecule has 20 heavy (non-hydrogen) atoms. The predicted molar refractivity (Wildman–Crippen MR) is 75.2 cm³/mol. The van der Waals surface area contributed by atoms with Gasteiger partial charge in [0.15, 0.2) is 11.5 Å². The number of ether oxygens (including phenoxy) is 2. The number of para-hydroxylation sites is 1. The number of hydrogen-bond donors (Lipinski definition) is 1. The first kappa shape index (κ1) is 14.7. The van der Waals surface area contributed by atoms with E-state index in [0.717, 1.165) is 6.42 Å². The normalized spacial score (nSPS) is 22.5. The van der Waals surface area contributed by atoms with Crippen molar-refractivity contribution in [2.75, 3.05) is 27.3 Å². The number of methoxy groups -OCH3 is 2. The maximum absolute atomic E-state index is 12.6. The van der Waals surface area contributed by atoms with E-state index in [2.05, 4.69) is 0 Å². The Morgan fingerprint density at radius 2 is 2.10 bits per heavy atom. The maximum Gasteiger partial charge on any atom is 0.257 e. The smallest absolute Gasteiger partial charge is 0.257 e. The highest BCUT2D eigenvalue weighted by atomic mass is 16.5. The molecule has 0 bridgehead atoms. The Bertz CT molecular complexity index is 489. The van der Waals surface area contributed by atoms with Gasteiger partial charge in [-0.05, 0) is 24.5 Å². The molecule has 1 aliphatic rings. The van der Waals surface area contributed by atoms with Crippen LogP contribution in [0.1, 0.15) is 23.7 Å². The van der Waals surface area contributed by atoms with Crippen LogP contribution in [0.15, 0.2) is 18.2 Å². The first-order valence-electron chi connectivity index (χ1n) is 6.76. The number of aliphatic hydroxyl groups excluding tert-OH is 1. The van der Waals surface area contributed by atoms with E-state index < -0.39 is 6.10 Å². The molecule has 1 heterocycles. The summed E-state index contributed by atoms with van der Waals surface area (Å²) in [6, 6.07) is 5.23. The van der Waals surface area contributed by atoms with Crippen molar-refractivity contribution in [3.05, 3.63) is 23.8 Å². The topological polar surface area (TPSA) is 59.0 Å². The fourth-order valence-electron chi connectivity index (χ4n) is 2.46. The zero-order valence-electron chi connectivity index (χ0n) is 12.1. The van der Waals surface area contributed by atoms with E-state index in [1.807, 2.05) is 6.92 Å². The van der Waals surface area contributed by atoms with Gasteiger partial charge in [-0.3, -0.25) is 4.79 Å². The van der Waals surface area contributed by atoms with Gasteiger partial charge >= 0.3 is 0 Å². The third-order valence-electron chi connectivity index (χ3n) is 3.84. The summed E-state index contributed by atoms with van der Waals surface area (Å²) in [5, 5.41) is 9.92. The number of piperidine rings is 1. The Hall–Kier alpha value is -1.75. The van der Waals surface area contributed by atoms with Crippen molar-refractivity contribution >= 4 is 5.91 Å². The van der Waals surface area contributed by atoms with Crippen molar-refractivity contribution in [3.8, 4) is 11.5 Å². The fourth-order valence-corrected chi connectivity index (χ4v) is 2.46. The summed E-state index contributed by atoms with van der Waals surface area (Å²) in [5.74, 6) is 1.07. The van der Waals surface area contributed by atoms with Gasteiger partial charge in [0.1, 0.15) is 0 Å². The van der Waals surface area contributed by atoms with Gasteiger partial charge in [-0.1, -0.05) is 13.0 Å². The lowest BCUT2D eigenvalue weighted by atomic mass is 9.95. The van der Waals surface area contributed by atoms with E-state index in [4.69, 9.17) is 9.47 Å². The minimum Gasteiger partial charge on any atom is -0.493 e. The molecular weight excluding hydrogens is 258 g/mol. The van der Waals surface area contributed by atoms with Crippen LogP contribution >= 0.6 is 0 Å². The van der Waals surface area contributed by atoms with Crippen molar-refractivity contribution in [2.24, 2.45) is 5.92 Å². The SMILES string of the molecule is COc1cccc(C(=O)N2CCC(C)C(O)C2)c1OC. The van der Waals surface area contributed by atoms with E-state index in [0.29, 0.717) is 30.2 Å². The monoisotopic (exact) mass is 279 g/mol. The number of hydrogen-bond acceptors (Lipinski definition) is 4. The molecule has 0 aliphatic carbocycles. The third-order valence-corrected chi connectivity index (χ3v) is 3.84. The third kappa shape index (κ3) is 2.72. The fraction of sp³-hybridized carbons (Fsp3) is 0.533. The van der Waals surface area contributed by atoms with E-state index in [9.17, 15) is 9.90 Å². The van der Waals surface area contributed by atoms with Crippen molar-refractivity contribution < 1.29 is 19.4 Å². The van der Waals surface area contributed by atoms with E-state index in [-0.39, 0.29) is 11.8 Å². The van der Waals surface area contributed by atoms with Gasteiger partial charge in [-0.2, -0.15) is 0 Å². The summed E-state index contributed by atoms with van der Waals surface area (Å²) in [4.78, 5) is 14.2. The number of benzene rings is 1. The number of amides is 1. The number of carbonyl (C=O) groups excluding carboxylic acids is 1. The summed E-state index contributed by atoms with van der Waals surface area (Å²) in [7, 11) is 3.06. The van der Waals surface area contributed by atoms with Crippen LogP contribution in [0.3, 0.4) is 0 Å². The average Bonchev–Trinajstić information content (AvgIpc) is 2.48. The summed E-state index contributed by atoms with van der Waals surface area (Å²) < 4.78 is 10.5. The quantitative estimate of drug-likeness (QED) is 0.912. The zero-order chi connectivity index (χ0) is 14.7. The zero-order valence-corrected chi connectivity index (χ0v) is 12.1. The summed E-state index contributed by atoms with van der Waals surface area (Å²) >= 11 is 0. The van der Waals surface area contributed by atoms with Gasteiger partial charge in [-0.25, -0.2) is 0 Å². The van der Waals surface area contributed by atoms with Gasteiger partial charge in [0.05, 0.1) is 25.9 Å². The second-order valence-electron chi connectivity index (χ2n) is 5.13. The number of β-amino-alcohol motifs (C(OH)–C–C–N with tert-alkyl or cyclic N) is 1. The highest BCUT2D eigenvalue weighted by Gasteiger charge is 2.29. The molecular formula is C15H21NO4. The molecule has 0 saturated carbocycles. The van der Waals surface area contributed by atoms with Crippen molar-refractivity contribution in [3.63, 3.8) is 0 Å². The predicted octanol–water partition coefficient (Wildman–Crippen LogP) is 1.55. The first-order chi connectivity index (χ1) is 9.58. The van der Waals surface area contributed by atoms with Crippen LogP contribution in [0.5, 0.6) is 11.5 Å². The second-order valence-corrected chi connectivity index (χ2v) is 5.13. The second kappa shape index (κ2) is 6.13. The Morgan fingerprint density at radius 1 is 1.35 bits per heavy atom. The van der Waals surface area contributed by atoms with Crippen molar-refractivity contribution in [1.29, 1.82) is 0 Å². The van der Waals surface area contributed by atoms with Crippen LogP contribution < -0.4 is 9.47 Å². The van der Waals surface area contributed by atoms with Crippen LogP contribution in [-0.2, 0) is 0 Å². The molecule has 0 spiro atoms. The summed E-state index contributed by atoms with van der Waals surface area (Å²) in [6.07, 6.45) is 0.337. The van der Waals surface area contributed by atoms with Crippen LogP contribution in [0.25, 0.3) is 0 Å². The largest absolute Gasteiger partial charge is 0.493 e. The number of rotatable bonds is 3. The molecule has 1 N–H and O–H groups in total. The van der Waals surface area contributed by atoms with E-state index in [1.165, 1.54) is 7.11 Å². The highest BCUT2D eigenvalue weighted by molar-refractivity contribution is 5.97. The molecule has 2 unspecified atom stereocenters. The Kier molecular flexibility index (Phi) is 4.49. The molecule has 0 radical (unpaired) electrons.